The Morgan fingerprint density at radius 1 is 1.62 bits per heavy atom. The molecule has 0 aromatic carbocycles. The maximum absolute atomic E-state index is 10.9. The molecule has 9 heteroatoms. The van der Waals surface area contributed by atoms with Crippen LogP contribution in [0.3, 0.4) is 0 Å². The largest absolute Gasteiger partial charge is 0.250 e. The predicted octanol–water partition coefficient (Wildman–Crippen LogP) is -0.211. The molecule has 0 aliphatic rings. The van der Waals surface area contributed by atoms with Crippen molar-refractivity contribution >= 4 is 27.0 Å². The number of rotatable bonds is 2. The van der Waals surface area contributed by atoms with Crippen molar-refractivity contribution < 1.29 is 13.5 Å². The van der Waals surface area contributed by atoms with Crippen molar-refractivity contribution in [2.75, 3.05) is 19.6 Å². The minimum absolute atomic E-state index is 0.174. The normalized spacial score (nSPS) is 12.7. The van der Waals surface area contributed by atoms with Crippen molar-refractivity contribution in [3.63, 3.8) is 0 Å². The molecule has 0 saturated heterocycles. The van der Waals surface area contributed by atoms with Gasteiger partial charge in [-0.25, -0.2) is 22.8 Å². The van der Waals surface area contributed by atoms with Gasteiger partial charge in [0.2, 0.25) is 10.0 Å². The summed E-state index contributed by atoms with van der Waals surface area (Å²) in [6.45, 7) is 0. The number of sulfonamides is 1. The van der Waals surface area contributed by atoms with Gasteiger partial charge in [-0.05, 0) is 6.26 Å². The zero-order valence-corrected chi connectivity index (χ0v) is 8.92. The smallest absolute Gasteiger partial charge is 0.246 e. The van der Waals surface area contributed by atoms with Gasteiger partial charge in [0.25, 0.3) is 5.17 Å². The van der Waals surface area contributed by atoms with Gasteiger partial charge in [0.15, 0.2) is 5.03 Å². The van der Waals surface area contributed by atoms with Crippen LogP contribution in [-0.4, -0.2) is 42.5 Å². The molecular formula is C4H9N3O4S2. The number of amidine groups is 1. The third-order valence-electron chi connectivity index (χ3n) is 1.12. The summed E-state index contributed by atoms with van der Waals surface area (Å²) in [6.07, 6.45) is 2.45. The molecule has 0 aliphatic heterocycles. The first kappa shape index (κ1) is 12.2. The maximum atomic E-state index is 10.9. The van der Waals surface area contributed by atoms with E-state index in [0.29, 0.717) is 0 Å². The first-order valence-corrected chi connectivity index (χ1v) is 6.07. The molecule has 0 aromatic heterocycles. The van der Waals surface area contributed by atoms with E-state index >= 15 is 0 Å². The summed E-state index contributed by atoms with van der Waals surface area (Å²) in [4.78, 5) is 9.98. The summed E-state index contributed by atoms with van der Waals surface area (Å²) in [5.41, 5.74) is 0. The van der Waals surface area contributed by atoms with Gasteiger partial charge in [0.05, 0.1) is 11.4 Å². The number of nitro groups is 1. The lowest BCUT2D eigenvalue weighted by atomic mass is 11.2. The third-order valence-corrected chi connectivity index (χ3v) is 3.12. The zero-order valence-electron chi connectivity index (χ0n) is 7.29. The van der Waals surface area contributed by atoms with Gasteiger partial charge < -0.3 is 0 Å². The molecule has 0 spiro atoms. The van der Waals surface area contributed by atoms with E-state index in [0.717, 1.165) is 22.3 Å². The molecule has 0 rings (SSSR count). The van der Waals surface area contributed by atoms with Crippen molar-refractivity contribution in [3.05, 3.63) is 10.1 Å². The molecule has 0 heterocycles. The van der Waals surface area contributed by atoms with Gasteiger partial charge in [0, 0.05) is 7.05 Å². The van der Waals surface area contributed by atoms with Crippen LogP contribution in [0.15, 0.2) is 5.10 Å². The summed E-state index contributed by atoms with van der Waals surface area (Å²) in [6, 6.07) is 0. The Morgan fingerprint density at radius 2 is 2.08 bits per heavy atom. The highest BCUT2D eigenvalue weighted by Gasteiger charge is 2.18. The van der Waals surface area contributed by atoms with Gasteiger partial charge in [-0.1, -0.05) is 11.8 Å². The predicted molar refractivity (Wildman–Crippen MR) is 50.6 cm³/mol. The van der Waals surface area contributed by atoms with Crippen LogP contribution in [0.1, 0.15) is 0 Å². The molecule has 0 N–H and O–H groups in total. The summed E-state index contributed by atoms with van der Waals surface area (Å²) < 4.78 is 22.6. The van der Waals surface area contributed by atoms with Gasteiger partial charge in [-0.15, -0.1) is 0 Å². The van der Waals surface area contributed by atoms with Crippen molar-refractivity contribution in [3.8, 4) is 0 Å². The number of thioether (sulfide) groups is 1. The second-order valence-corrected chi connectivity index (χ2v) is 4.84. The Kier molecular flexibility index (Phi) is 4.14. The van der Waals surface area contributed by atoms with Gasteiger partial charge >= 0.3 is 0 Å². The highest BCUT2D eigenvalue weighted by Crippen LogP contribution is 2.06. The Bertz CT molecular complexity index is 322. The Hall–Kier alpha value is -0.830. The molecule has 0 saturated carbocycles. The molecular weight excluding hydrogens is 218 g/mol. The standard InChI is InChI=1S/C4H9N3O4S2/c1-6(13(3,10)11)4(12-2)5-7(8)9/h1-3H3/b5-4-. The molecule has 0 aliphatic carbocycles. The minimum atomic E-state index is -3.48. The fourth-order valence-electron chi connectivity index (χ4n) is 0.444. The van der Waals surface area contributed by atoms with Crippen molar-refractivity contribution in [2.24, 2.45) is 5.10 Å². The van der Waals surface area contributed by atoms with Gasteiger partial charge in [0.1, 0.15) is 0 Å². The SMILES string of the molecule is CS/C(=N\[N+](=O)[O-])N(C)S(C)(=O)=O. The van der Waals surface area contributed by atoms with Crippen LogP contribution in [0, 0.1) is 10.1 Å². The van der Waals surface area contributed by atoms with E-state index in [-0.39, 0.29) is 5.17 Å². The van der Waals surface area contributed by atoms with Crippen LogP contribution in [0.5, 0.6) is 0 Å². The number of hydrogen-bond donors (Lipinski definition) is 0. The second-order valence-electron chi connectivity index (χ2n) is 2.06. The lowest BCUT2D eigenvalue weighted by Crippen LogP contribution is -2.30. The van der Waals surface area contributed by atoms with Crippen LogP contribution in [0.4, 0.5) is 0 Å². The highest BCUT2D eigenvalue weighted by atomic mass is 32.2. The van der Waals surface area contributed by atoms with E-state index in [4.69, 9.17) is 0 Å². The van der Waals surface area contributed by atoms with E-state index in [1.54, 1.807) is 0 Å². The van der Waals surface area contributed by atoms with Gasteiger partial charge in [-0.2, -0.15) is 0 Å². The van der Waals surface area contributed by atoms with Crippen LogP contribution < -0.4 is 0 Å². The molecule has 13 heavy (non-hydrogen) atoms. The second kappa shape index (κ2) is 4.42. The van der Waals surface area contributed by atoms with E-state index in [1.165, 1.54) is 13.3 Å². The number of hydrazone groups is 1. The summed E-state index contributed by atoms with van der Waals surface area (Å²) in [5, 5.41) is 11.8. The fraction of sp³-hybridized carbons (Fsp3) is 0.750. The Morgan fingerprint density at radius 3 is 2.31 bits per heavy atom. The monoisotopic (exact) mass is 227 g/mol. The zero-order chi connectivity index (χ0) is 10.6. The summed E-state index contributed by atoms with van der Waals surface area (Å²) in [7, 11) is -2.28. The van der Waals surface area contributed by atoms with Crippen LogP contribution in [-0.2, 0) is 10.0 Å². The molecule has 0 fully saturated rings. The first-order valence-electron chi connectivity index (χ1n) is 3.00. The van der Waals surface area contributed by atoms with Crippen LogP contribution >= 0.6 is 11.8 Å². The molecule has 0 aromatic rings. The lowest BCUT2D eigenvalue weighted by molar-refractivity contribution is -0.485. The van der Waals surface area contributed by atoms with E-state index in [9.17, 15) is 18.5 Å². The highest BCUT2D eigenvalue weighted by molar-refractivity contribution is 8.14. The number of nitrogens with zero attached hydrogens (tertiary/aromatic N) is 3. The number of hydrogen-bond acceptors (Lipinski definition) is 5. The van der Waals surface area contributed by atoms with Gasteiger partial charge in [-0.3, -0.25) is 0 Å². The van der Waals surface area contributed by atoms with E-state index in [1.807, 2.05) is 0 Å². The first-order chi connectivity index (χ1) is 5.79. The molecule has 0 bridgehead atoms. The average molecular weight is 227 g/mol. The molecule has 0 radical (unpaired) electrons. The van der Waals surface area contributed by atoms with E-state index in [2.05, 4.69) is 5.10 Å². The van der Waals surface area contributed by atoms with Crippen LogP contribution in [0.25, 0.3) is 0 Å². The Balaban J connectivity index is 4.91. The third kappa shape index (κ3) is 4.08. The molecule has 0 atom stereocenters. The summed E-state index contributed by atoms with van der Waals surface area (Å²) >= 11 is 0.888. The van der Waals surface area contributed by atoms with Crippen molar-refractivity contribution in [1.82, 2.24) is 4.31 Å². The molecule has 76 valence electrons. The molecule has 0 amide bonds. The van der Waals surface area contributed by atoms with Crippen molar-refractivity contribution in [1.29, 1.82) is 0 Å². The lowest BCUT2D eigenvalue weighted by Gasteiger charge is -2.13. The van der Waals surface area contributed by atoms with E-state index < -0.39 is 15.1 Å². The average Bonchev–Trinajstić information content (AvgIpc) is 1.96. The minimum Gasteiger partial charge on any atom is -0.246 e. The van der Waals surface area contributed by atoms with Crippen molar-refractivity contribution in [2.45, 2.75) is 0 Å². The maximum Gasteiger partial charge on any atom is 0.250 e. The molecule has 7 nitrogen and oxygen atoms in total. The Labute approximate surface area is 80.0 Å². The quantitative estimate of drug-likeness (QED) is 0.281. The fourth-order valence-corrected chi connectivity index (χ4v) is 1.80. The topological polar surface area (TPSA) is 92.9 Å². The molecule has 0 unspecified atom stereocenters. The van der Waals surface area contributed by atoms with Crippen LogP contribution in [0.2, 0.25) is 0 Å². The summed E-state index contributed by atoms with van der Waals surface area (Å²) in [5.74, 6) is 0.